The highest BCUT2D eigenvalue weighted by Gasteiger charge is 2.32. The molecule has 24 heavy (non-hydrogen) atoms. The van der Waals surface area contributed by atoms with E-state index in [0.29, 0.717) is 11.3 Å². The summed E-state index contributed by atoms with van der Waals surface area (Å²) in [5.41, 5.74) is 0.880. The number of fused-ring (bicyclic) bond motifs is 1. The second kappa shape index (κ2) is 6.11. The summed E-state index contributed by atoms with van der Waals surface area (Å²) in [5, 5.41) is 2.54. The first-order valence-electron chi connectivity index (χ1n) is 7.11. The van der Waals surface area contributed by atoms with Gasteiger partial charge >= 0.3 is 0 Å². The minimum Gasteiger partial charge on any atom is -0.481 e. The second-order valence-corrected chi connectivity index (χ2v) is 5.20. The molecule has 0 aromatic heterocycles. The molecule has 6 nitrogen and oxygen atoms in total. The van der Waals surface area contributed by atoms with Crippen molar-refractivity contribution in [1.29, 1.82) is 0 Å². The van der Waals surface area contributed by atoms with Gasteiger partial charge in [0.2, 0.25) is 0 Å². The van der Waals surface area contributed by atoms with Gasteiger partial charge in [-0.15, -0.1) is 0 Å². The highest BCUT2D eigenvalue weighted by molar-refractivity contribution is 6.21. The van der Waals surface area contributed by atoms with Gasteiger partial charge in [-0.25, -0.2) is 4.39 Å². The van der Waals surface area contributed by atoms with Crippen LogP contribution in [0.4, 0.5) is 10.1 Å². The van der Waals surface area contributed by atoms with Crippen molar-refractivity contribution in [2.45, 2.75) is 0 Å². The number of ether oxygens (including phenoxy) is 1. The number of nitrogens with zero attached hydrogens (tertiary/aromatic N) is 1. The summed E-state index contributed by atoms with van der Waals surface area (Å²) in [4.78, 5) is 36.6. The number of rotatable bonds is 4. The molecule has 1 N–H and O–H groups in total. The zero-order chi connectivity index (χ0) is 17.3. The van der Waals surface area contributed by atoms with Crippen LogP contribution in [-0.2, 0) is 4.79 Å². The lowest BCUT2D eigenvalue weighted by molar-refractivity contribution is -0.118. The quantitative estimate of drug-likeness (QED) is 0.872. The van der Waals surface area contributed by atoms with Crippen LogP contribution in [0.25, 0.3) is 0 Å². The van der Waals surface area contributed by atoms with Gasteiger partial charge in [-0.3, -0.25) is 19.3 Å². The molecular formula is C17H13FN2O4. The average molecular weight is 328 g/mol. The van der Waals surface area contributed by atoms with Gasteiger partial charge in [0.1, 0.15) is 0 Å². The fraction of sp³-hybridized carbons (Fsp3) is 0.118. The van der Waals surface area contributed by atoms with Crippen molar-refractivity contribution in [2.75, 3.05) is 19.0 Å². The van der Waals surface area contributed by atoms with Crippen molar-refractivity contribution in [1.82, 2.24) is 4.90 Å². The van der Waals surface area contributed by atoms with Gasteiger partial charge in [0.25, 0.3) is 17.7 Å². The van der Waals surface area contributed by atoms with Gasteiger partial charge in [-0.2, -0.15) is 0 Å². The number of nitrogens with one attached hydrogen (secondary N) is 1. The van der Waals surface area contributed by atoms with Gasteiger partial charge in [0.05, 0.1) is 11.1 Å². The molecule has 0 saturated carbocycles. The van der Waals surface area contributed by atoms with E-state index in [0.717, 1.165) is 4.90 Å². The Kier molecular flexibility index (Phi) is 3.99. The molecule has 0 atom stereocenters. The molecule has 0 aliphatic carbocycles. The minimum atomic E-state index is -0.560. The molecule has 2 aromatic rings. The van der Waals surface area contributed by atoms with E-state index < -0.39 is 17.6 Å². The molecule has 2 aromatic carbocycles. The summed E-state index contributed by atoms with van der Waals surface area (Å²) in [6, 6.07) is 10.2. The van der Waals surface area contributed by atoms with Gasteiger partial charge in [0, 0.05) is 12.7 Å². The molecule has 0 spiro atoms. The highest BCUT2D eigenvalue weighted by atomic mass is 19.1. The number of anilines is 1. The van der Waals surface area contributed by atoms with Crippen molar-refractivity contribution in [3.8, 4) is 5.75 Å². The Bertz CT molecular complexity index is 850. The fourth-order valence-electron chi connectivity index (χ4n) is 2.34. The number of imide groups is 1. The Balaban J connectivity index is 1.67. The Morgan fingerprint density at radius 2 is 1.83 bits per heavy atom. The van der Waals surface area contributed by atoms with Gasteiger partial charge in [0.15, 0.2) is 18.2 Å². The van der Waals surface area contributed by atoms with Crippen molar-refractivity contribution >= 4 is 23.4 Å². The summed E-state index contributed by atoms with van der Waals surface area (Å²) in [6.07, 6.45) is 0. The molecule has 1 aliphatic rings. The van der Waals surface area contributed by atoms with Crippen molar-refractivity contribution in [3.63, 3.8) is 0 Å². The van der Waals surface area contributed by atoms with E-state index in [1.165, 1.54) is 43.4 Å². The molecule has 1 heterocycles. The standard InChI is InChI=1S/C17H13FN2O4/c1-20-16(22)11-7-6-10(8-12(11)17(20)23)19-15(21)9-24-14-5-3-2-4-13(14)18/h2-8H,9H2,1H3,(H,19,21). The maximum Gasteiger partial charge on any atom is 0.262 e. The molecule has 0 unspecified atom stereocenters. The number of carbonyl (C=O) groups is 3. The maximum atomic E-state index is 13.4. The van der Waals surface area contributed by atoms with Crippen LogP contribution in [0.15, 0.2) is 42.5 Å². The SMILES string of the molecule is CN1C(=O)c2ccc(NC(=O)COc3ccccc3F)cc2C1=O. The number of hydrogen-bond acceptors (Lipinski definition) is 4. The molecule has 0 saturated heterocycles. The summed E-state index contributed by atoms with van der Waals surface area (Å²) in [6.45, 7) is -0.384. The molecule has 3 rings (SSSR count). The average Bonchev–Trinajstić information content (AvgIpc) is 2.78. The van der Waals surface area contributed by atoms with E-state index >= 15 is 0 Å². The van der Waals surface area contributed by atoms with Gasteiger partial charge < -0.3 is 10.1 Å². The summed E-state index contributed by atoms with van der Waals surface area (Å²) < 4.78 is 18.5. The largest absolute Gasteiger partial charge is 0.481 e. The Morgan fingerprint density at radius 3 is 2.58 bits per heavy atom. The smallest absolute Gasteiger partial charge is 0.262 e. The number of halogens is 1. The molecule has 1 aliphatic heterocycles. The molecule has 0 bridgehead atoms. The Morgan fingerprint density at radius 1 is 1.12 bits per heavy atom. The van der Waals surface area contributed by atoms with E-state index in [4.69, 9.17) is 4.74 Å². The summed E-state index contributed by atoms with van der Waals surface area (Å²) in [7, 11) is 1.39. The number of benzene rings is 2. The van der Waals surface area contributed by atoms with Crippen LogP contribution in [0, 0.1) is 5.82 Å². The normalized spacial score (nSPS) is 13.0. The second-order valence-electron chi connectivity index (χ2n) is 5.20. The third kappa shape index (κ3) is 2.83. The first-order chi connectivity index (χ1) is 11.5. The topological polar surface area (TPSA) is 75.7 Å². The zero-order valence-corrected chi connectivity index (χ0v) is 12.7. The fourth-order valence-corrected chi connectivity index (χ4v) is 2.34. The number of amides is 3. The minimum absolute atomic E-state index is 0.0241. The summed E-state index contributed by atoms with van der Waals surface area (Å²) in [5.74, 6) is -1.90. The molecule has 3 amide bonds. The number of carbonyl (C=O) groups excluding carboxylic acids is 3. The van der Waals surface area contributed by atoms with E-state index in [1.807, 2.05) is 0 Å². The zero-order valence-electron chi connectivity index (χ0n) is 12.7. The predicted molar refractivity (Wildman–Crippen MR) is 83.4 cm³/mol. The van der Waals surface area contributed by atoms with Crippen LogP contribution < -0.4 is 10.1 Å². The lowest BCUT2D eigenvalue weighted by Crippen LogP contribution is -2.24. The lowest BCUT2D eigenvalue weighted by Gasteiger charge is -2.08. The van der Waals surface area contributed by atoms with Crippen LogP contribution in [0.3, 0.4) is 0 Å². The first kappa shape index (κ1) is 15.7. The van der Waals surface area contributed by atoms with Crippen LogP contribution in [0.1, 0.15) is 20.7 Å². The molecule has 0 radical (unpaired) electrons. The monoisotopic (exact) mass is 328 g/mol. The predicted octanol–water partition coefficient (Wildman–Crippen LogP) is 2.07. The van der Waals surface area contributed by atoms with E-state index in [-0.39, 0.29) is 23.8 Å². The Hall–Kier alpha value is -3.22. The number of para-hydroxylation sites is 1. The van der Waals surface area contributed by atoms with Gasteiger partial charge in [-0.05, 0) is 30.3 Å². The van der Waals surface area contributed by atoms with Crippen molar-refractivity contribution in [2.24, 2.45) is 0 Å². The maximum absolute atomic E-state index is 13.4. The molecule has 0 fully saturated rings. The molecule has 7 heteroatoms. The van der Waals surface area contributed by atoms with Crippen LogP contribution in [0.5, 0.6) is 5.75 Å². The van der Waals surface area contributed by atoms with Crippen LogP contribution in [0.2, 0.25) is 0 Å². The highest BCUT2D eigenvalue weighted by Crippen LogP contribution is 2.24. The summed E-state index contributed by atoms with van der Waals surface area (Å²) >= 11 is 0. The van der Waals surface area contributed by atoms with Crippen molar-refractivity contribution < 1.29 is 23.5 Å². The number of hydrogen-bond donors (Lipinski definition) is 1. The van der Waals surface area contributed by atoms with E-state index in [1.54, 1.807) is 6.07 Å². The third-order valence-corrected chi connectivity index (χ3v) is 3.57. The van der Waals surface area contributed by atoms with E-state index in [2.05, 4.69) is 5.32 Å². The van der Waals surface area contributed by atoms with Crippen molar-refractivity contribution in [3.05, 3.63) is 59.4 Å². The van der Waals surface area contributed by atoms with Crippen LogP contribution >= 0.6 is 0 Å². The molecule has 122 valence electrons. The van der Waals surface area contributed by atoms with Crippen LogP contribution in [-0.4, -0.2) is 36.3 Å². The van der Waals surface area contributed by atoms with E-state index in [9.17, 15) is 18.8 Å². The first-order valence-corrected chi connectivity index (χ1v) is 7.11. The lowest BCUT2D eigenvalue weighted by atomic mass is 10.1. The Labute approximate surface area is 136 Å². The van der Waals surface area contributed by atoms with Gasteiger partial charge in [-0.1, -0.05) is 12.1 Å². The molecular weight excluding hydrogens is 315 g/mol. The third-order valence-electron chi connectivity index (χ3n) is 3.57.